The zero-order chi connectivity index (χ0) is 12.5. The van der Waals surface area contributed by atoms with E-state index in [1.807, 2.05) is 6.07 Å². The third kappa shape index (κ3) is 3.17. The topological polar surface area (TPSA) is 23.5 Å². The van der Waals surface area contributed by atoms with Crippen LogP contribution in [0, 0.1) is 5.41 Å². The van der Waals surface area contributed by atoms with Crippen molar-refractivity contribution in [3.05, 3.63) is 24.3 Å². The molecule has 1 aliphatic heterocycles. The lowest BCUT2D eigenvalue weighted by Gasteiger charge is -2.37. The highest BCUT2D eigenvalue weighted by Gasteiger charge is 2.25. The minimum atomic E-state index is -0.350. The Hall–Kier alpha value is -0.670. The van der Waals surface area contributed by atoms with Gasteiger partial charge in [-0.3, -0.25) is 0 Å². The molecule has 1 heterocycles. The van der Waals surface area contributed by atoms with Crippen molar-refractivity contribution in [3.8, 4) is 0 Å². The molecule has 0 radical (unpaired) electrons. The van der Waals surface area contributed by atoms with Crippen LogP contribution in [0.15, 0.2) is 29.2 Å². The molecular formula is C14H21NOS. The van der Waals surface area contributed by atoms with Gasteiger partial charge in [0.05, 0.1) is 5.69 Å². The summed E-state index contributed by atoms with van der Waals surface area (Å²) >= 11 is 1.74. The molecule has 0 spiro atoms. The van der Waals surface area contributed by atoms with Crippen molar-refractivity contribution in [2.45, 2.75) is 38.3 Å². The van der Waals surface area contributed by atoms with Gasteiger partial charge in [0.25, 0.3) is 0 Å². The van der Waals surface area contributed by atoms with Gasteiger partial charge in [-0.25, -0.2) is 0 Å². The number of hydrogen-bond acceptors (Lipinski definition) is 3. The number of nitrogens with zero attached hydrogens (tertiary/aromatic N) is 1. The van der Waals surface area contributed by atoms with Crippen LogP contribution < -0.4 is 4.90 Å². The Kier molecular flexibility index (Phi) is 3.69. The zero-order valence-corrected chi connectivity index (χ0v) is 11.6. The average Bonchev–Trinajstić information content (AvgIpc) is 2.26. The van der Waals surface area contributed by atoms with Gasteiger partial charge < -0.3 is 10.0 Å². The van der Waals surface area contributed by atoms with Crippen LogP contribution in [0.2, 0.25) is 0 Å². The first kappa shape index (κ1) is 12.8. The van der Waals surface area contributed by atoms with E-state index in [-0.39, 0.29) is 6.23 Å². The third-order valence-corrected chi connectivity index (χ3v) is 4.15. The highest BCUT2D eigenvalue weighted by atomic mass is 32.2. The van der Waals surface area contributed by atoms with Crippen LogP contribution in [0.25, 0.3) is 0 Å². The predicted octanol–water partition coefficient (Wildman–Crippen LogP) is 3.35. The van der Waals surface area contributed by atoms with Crippen molar-refractivity contribution in [2.24, 2.45) is 5.41 Å². The Morgan fingerprint density at radius 2 is 2.06 bits per heavy atom. The monoisotopic (exact) mass is 251 g/mol. The van der Waals surface area contributed by atoms with Crippen molar-refractivity contribution in [1.29, 1.82) is 0 Å². The number of aliphatic hydroxyl groups is 1. The van der Waals surface area contributed by atoms with E-state index in [0.29, 0.717) is 5.41 Å². The smallest absolute Gasteiger partial charge is 0.136 e. The molecule has 1 unspecified atom stereocenters. The summed E-state index contributed by atoms with van der Waals surface area (Å²) in [6.45, 7) is 7.64. The first-order valence-electron chi connectivity index (χ1n) is 6.14. The molecule has 1 aromatic carbocycles. The molecule has 1 aliphatic rings. The molecule has 3 heteroatoms. The summed E-state index contributed by atoms with van der Waals surface area (Å²) in [6, 6.07) is 8.34. The number of fused-ring (bicyclic) bond motifs is 1. The summed E-state index contributed by atoms with van der Waals surface area (Å²) in [5, 5.41) is 10.1. The van der Waals surface area contributed by atoms with Crippen LogP contribution in [-0.2, 0) is 0 Å². The van der Waals surface area contributed by atoms with Crippen molar-refractivity contribution in [1.82, 2.24) is 0 Å². The largest absolute Gasteiger partial charge is 0.373 e. The Morgan fingerprint density at radius 3 is 2.76 bits per heavy atom. The normalized spacial score (nSPS) is 20.2. The van der Waals surface area contributed by atoms with E-state index in [9.17, 15) is 5.11 Å². The number of hydrogen-bond donors (Lipinski definition) is 1. The summed E-state index contributed by atoms with van der Waals surface area (Å²) in [5.41, 5.74) is 1.49. The van der Waals surface area contributed by atoms with Gasteiger partial charge in [0.15, 0.2) is 0 Å². The second kappa shape index (κ2) is 4.91. The fraction of sp³-hybridized carbons (Fsp3) is 0.571. The molecule has 0 saturated carbocycles. The van der Waals surface area contributed by atoms with Gasteiger partial charge >= 0.3 is 0 Å². The van der Waals surface area contributed by atoms with Crippen molar-refractivity contribution < 1.29 is 5.11 Å². The minimum absolute atomic E-state index is 0.305. The Bertz CT molecular complexity index is 386. The molecule has 0 saturated heterocycles. The van der Waals surface area contributed by atoms with Crippen molar-refractivity contribution in [2.75, 3.05) is 17.2 Å². The maximum atomic E-state index is 10.1. The highest BCUT2D eigenvalue weighted by molar-refractivity contribution is 7.99. The van der Waals surface area contributed by atoms with E-state index in [1.165, 1.54) is 10.6 Å². The van der Waals surface area contributed by atoms with Crippen LogP contribution in [0.1, 0.15) is 27.2 Å². The zero-order valence-electron chi connectivity index (χ0n) is 10.8. The van der Waals surface area contributed by atoms with E-state index in [0.717, 1.165) is 18.7 Å². The molecule has 1 N–H and O–H groups in total. The van der Waals surface area contributed by atoms with Crippen molar-refractivity contribution >= 4 is 17.4 Å². The van der Waals surface area contributed by atoms with Crippen molar-refractivity contribution in [3.63, 3.8) is 0 Å². The van der Waals surface area contributed by atoms with E-state index in [1.54, 1.807) is 11.8 Å². The maximum Gasteiger partial charge on any atom is 0.136 e. The fourth-order valence-corrected chi connectivity index (χ4v) is 2.97. The number of para-hydroxylation sites is 1. The lowest BCUT2D eigenvalue weighted by atomic mass is 9.92. The van der Waals surface area contributed by atoms with E-state index in [4.69, 9.17) is 0 Å². The number of thioether (sulfide) groups is 1. The molecule has 0 bridgehead atoms. The van der Waals surface area contributed by atoms with Gasteiger partial charge in [0.1, 0.15) is 6.23 Å². The van der Waals surface area contributed by atoms with E-state index >= 15 is 0 Å². The van der Waals surface area contributed by atoms with Crippen LogP contribution >= 0.6 is 11.8 Å². The summed E-state index contributed by atoms with van der Waals surface area (Å²) < 4.78 is 0. The van der Waals surface area contributed by atoms with Crippen LogP contribution in [0.4, 0.5) is 5.69 Å². The van der Waals surface area contributed by atoms with Crippen LogP contribution in [0.3, 0.4) is 0 Å². The molecule has 2 nitrogen and oxygen atoms in total. The Morgan fingerprint density at radius 1 is 1.35 bits per heavy atom. The molecule has 1 aromatic rings. The molecule has 0 aromatic heterocycles. The van der Waals surface area contributed by atoms with Gasteiger partial charge in [0.2, 0.25) is 0 Å². The molecule has 2 rings (SSSR count). The molecule has 0 fully saturated rings. The number of rotatable bonds is 2. The standard InChI is InChI=1S/C14H21NOS/c1-14(2,3)8-9-15-11-6-4-5-7-12(11)17-10-13(15)16/h4-7,13,16H,8-10H2,1-3H3. The predicted molar refractivity (Wildman–Crippen MR) is 74.6 cm³/mol. The summed E-state index contributed by atoms with van der Waals surface area (Å²) in [7, 11) is 0. The Labute approximate surface area is 108 Å². The highest BCUT2D eigenvalue weighted by Crippen LogP contribution is 2.37. The third-order valence-electron chi connectivity index (χ3n) is 3.03. The van der Waals surface area contributed by atoms with Crippen LogP contribution in [0.5, 0.6) is 0 Å². The maximum absolute atomic E-state index is 10.1. The minimum Gasteiger partial charge on any atom is -0.373 e. The first-order chi connectivity index (χ1) is 7.97. The molecule has 17 heavy (non-hydrogen) atoms. The van der Waals surface area contributed by atoms with Gasteiger partial charge in [-0.1, -0.05) is 32.9 Å². The summed E-state index contributed by atoms with van der Waals surface area (Å²) in [5.74, 6) is 0.765. The fourth-order valence-electron chi connectivity index (χ4n) is 1.96. The summed E-state index contributed by atoms with van der Waals surface area (Å²) in [6.07, 6.45) is 0.737. The number of anilines is 1. The molecule has 94 valence electrons. The van der Waals surface area contributed by atoms with Gasteiger partial charge in [-0.05, 0) is 24.0 Å². The number of benzene rings is 1. The Balaban J connectivity index is 2.15. The molecular weight excluding hydrogens is 230 g/mol. The SMILES string of the molecule is CC(C)(C)CCN1c2ccccc2SCC1O. The lowest BCUT2D eigenvalue weighted by molar-refractivity contribution is 0.185. The lowest BCUT2D eigenvalue weighted by Crippen LogP contribution is -2.41. The molecule has 1 atom stereocenters. The van der Waals surface area contributed by atoms with E-state index < -0.39 is 0 Å². The second-order valence-electron chi connectivity index (χ2n) is 5.76. The van der Waals surface area contributed by atoms with Crippen LogP contribution in [-0.4, -0.2) is 23.6 Å². The van der Waals surface area contributed by atoms with Gasteiger partial charge in [0, 0.05) is 17.2 Å². The average molecular weight is 251 g/mol. The summed E-state index contributed by atoms with van der Waals surface area (Å²) in [4.78, 5) is 3.42. The quantitative estimate of drug-likeness (QED) is 0.872. The second-order valence-corrected chi connectivity index (χ2v) is 6.83. The number of aliphatic hydroxyl groups excluding tert-OH is 1. The molecule has 0 aliphatic carbocycles. The first-order valence-corrected chi connectivity index (χ1v) is 7.12. The van der Waals surface area contributed by atoms with Gasteiger partial charge in [-0.2, -0.15) is 0 Å². The van der Waals surface area contributed by atoms with E-state index in [2.05, 4.69) is 43.9 Å². The van der Waals surface area contributed by atoms with Gasteiger partial charge in [-0.15, -0.1) is 11.8 Å². The molecule has 0 amide bonds.